The highest BCUT2D eigenvalue weighted by Crippen LogP contribution is 2.27. The van der Waals surface area contributed by atoms with Crippen molar-refractivity contribution in [3.63, 3.8) is 0 Å². The van der Waals surface area contributed by atoms with Crippen LogP contribution in [-0.2, 0) is 16.2 Å². The van der Waals surface area contributed by atoms with Gasteiger partial charge in [0.15, 0.2) is 0 Å². The molecule has 0 heterocycles. The lowest BCUT2D eigenvalue weighted by molar-refractivity contribution is -0.142. The molecule has 3 rings (SSSR count). The Morgan fingerprint density at radius 2 is 1.82 bits per heavy atom. The van der Waals surface area contributed by atoms with Gasteiger partial charge in [-0.1, -0.05) is 71.4 Å². The van der Waals surface area contributed by atoms with Gasteiger partial charge < -0.3 is 14.7 Å². The van der Waals surface area contributed by atoms with Crippen molar-refractivity contribution >= 4 is 12.2 Å². The van der Waals surface area contributed by atoms with Crippen molar-refractivity contribution < 1.29 is 19.5 Å². The second kappa shape index (κ2) is 9.37. The zero-order valence-electron chi connectivity index (χ0n) is 15.5. The molecule has 142 valence electrons. The molecule has 0 aliphatic heterocycles. The summed E-state index contributed by atoms with van der Waals surface area (Å²) in [6, 6.07) is 23.9. The standard InChI is InChI=1S/C23H21NO4/c1-17-6-5-7-18(12-17)15-27-22-13-20(19-8-3-2-4-9-19)10-11-21(22)14-24-28-16-23(25)26/h2-14H,15-16H2,1H3,(H,25,26)/b24-14+. The van der Waals surface area contributed by atoms with Crippen LogP contribution < -0.4 is 4.74 Å². The molecular formula is C23H21NO4. The molecular weight excluding hydrogens is 354 g/mol. The van der Waals surface area contributed by atoms with Crippen LogP contribution in [0.25, 0.3) is 11.1 Å². The van der Waals surface area contributed by atoms with Crippen molar-refractivity contribution in [2.75, 3.05) is 6.61 Å². The minimum absolute atomic E-state index is 0.413. The summed E-state index contributed by atoms with van der Waals surface area (Å²) in [6.07, 6.45) is 1.46. The number of carboxylic acids is 1. The highest BCUT2D eigenvalue weighted by atomic mass is 16.6. The monoisotopic (exact) mass is 375 g/mol. The molecule has 0 unspecified atom stereocenters. The number of nitrogens with zero attached hydrogens (tertiary/aromatic N) is 1. The fourth-order valence-corrected chi connectivity index (χ4v) is 2.73. The second-order valence-electron chi connectivity index (χ2n) is 6.30. The quantitative estimate of drug-likeness (QED) is 0.459. The lowest BCUT2D eigenvalue weighted by Crippen LogP contribution is -2.04. The van der Waals surface area contributed by atoms with Crippen molar-refractivity contribution in [3.8, 4) is 16.9 Å². The first-order valence-corrected chi connectivity index (χ1v) is 8.87. The van der Waals surface area contributed by atoms with Crippen molar-refractivity contribution in [1.82, 2.24) is 0 Å². The maximum atomic E-state index is 10.5. The SMILES string of the molecule is Cc1cccc(COc2cc(-c3ccccc3)ccc2/C=N/OCC(=O)O)c1. The zero-order valence-corrected chi connectivity index (χ0v) is 15.5. The fraction of sp³-hybridized carbons (Fsp3) is 0.130. The van der Waals surface area contributed by atoms with E-state index in [2.05, 4.69) is 11.2 Å². The first-order valence-electron chi connectivity index (χ1n) is 8.87. The zero-order chi connectivity index (χ0) is 19.8. The summed E-state index contributed by atoms with van der Waals surface area (Å²) < 4.78 is 6.06. The number of hydrogen-bond acceptors (Lipinski definition) is 4. The van der Waals surface area contributed by atoms with Crippen LogP contribution in [0.3, 0.4) is 0 Å². The van der Waals surface area contributed by atoms with Crippen LogP contribution in [0.1, 0.15) is 16.7 Å². The molecule has 5 nitrogen and oxygen atoms in total. The third kappa shape index (κ3) is 5.45. The molecule has 28 heavy (non-hydrogen) atoms. The molecule has 0 aromatic heterocycles. The number of ether oxygens (including phenoxy) is 1. The van der Waals surface area contributed by atoms with Gasteiger partial charge in [0.25, 0.3) is 0 Å². The Morgan fingerprint density at radius 3 is 2.57 bits per heavy atom. The van der Waals surface area contributed by atoms with E-state index < -0.39 is 12.6 Å². The number of aryl methyl sites for hydroxylation is 1. The lowest BCUT2D eigenvalue weighted by atomic mass is 10.0. The van der Waals surface area contributed by atoms with Gasteiger partial charge in [-0.2, -0.15) is 0 Å². The first kappa shape index (κ1) is 19.2. The van der Waals surface area contributed by atoms with Crippen LogP contribution in [0.2, 0.25) is 0 Å². The van der Waals surface area contributed by atoms with Gasteiger partial charge in [-0.05, 0) is 35.7 Å². The Morgan fingerprint density at radius 1 is 1.00 bits per heavy atom. The molecule has 0 amide bonds. The second-order valence-corrected chi connectivity index (χ2v) is 6.30. The third-order valence-electron chi connectivity index (χ3n) is 4.05. The molecule has 0 saturated carbocycles. The van der Waals surface area contributed by atoms with Gasteiger partial charge in [0, 0.05) is 5.56 Å². The predicted molar refractivity (Wildman–Crippen MR) is 109 cm³/mol. The molecule has 0 fully saturated rings. The Kier molecular flexibility index (Phi) is 6.41. The van der Waals surface area contributed by atoms with E-state index in [0.29, 0.717) is 17.9 Å². The van der Waals surface area contributed by atoms with Crippen molar-refractivity contribution in [2.24, 2.45) is 5.16 Å². The molecule has 3 aromatic carbocycles. The minimum Gasteiger partial charge on any atom is -0.488 e. The van der Waals surface area contributed by atoms with Gasteiger partial charge in [-0.3, -0.25) is 0 Å². The number of carboxylic acid groups (broad SMARTS) is 1. The number of benzene rings is 3. The average molecular weight is 375 g/mol. The van der Waals surface area contributed by atoms with Crippen LogP contribution in [0.15, 0.2) is 78.0 Å². The van der Waals surface area contributed by atoms with E-state index in [1.807, 2.05) is 73.7 Å². The number of carbonyl (C=O) groups is 1. The first-order chi connectivity index (χ1) is 13.6. The summed E-state index contributed by atoms with van der Waals surface area (Å²) in [7, 11) is 0. The van der Waals surface area contributed by atoms with E-state index in [4.69, 9.17) is 14.7 Å². The lowest BCUT2D eigenvalue weighted by Gasteiger charge is -2.12. The average Bonchev–Trinajstić information content (AvgIpc) is 2.70. The smallest absolute Gasteiger partial charge is 0.344 e. The topological polar surface area (TPSA) is 68.1 Å². The molecule has 0 aliphatic carbocycles. The van der Waals surface area contributed by atoms with Crippen LogP contribution >= 0.6 is 0 Å². The largest absolute Gasteiger partial charge is 0.488 e. The molecule has 0 saturated heterocycles. The summed E-state index contributed by atoms with van der Waals surface area (Å²) in [5.41, 5.74) is 5.04. The summed E-state index contributed by atoms with van der Waals surface area (Å²) >= 11 is 0. The van der Waals surface area contributed by atoms with Crippen LogP contribution in [0.5, 0.6) is 5.75 Å². The number of hydrogen-bond donors (Lipinski definition) is 1. The maximum Gasteiger partial charge on any atom is 0.344 e. The van der Waals surface area contributed by atoms with Crippen LogP contribution in [0, 0.1) is 6.92 Å². The Labute approximate surface area is 163 Å². The molecule has 5 heteroatoms. The van der Waals surface area contributed by atoms with Crippen LogP contribution in [-0.4, -0.2) is 23.9 Å². The van der Waals surface area contributed by atoms with Gasteiger partial charge >= 0.3 is 5.97 Å². The summed E-state index contributed by atoms with van der Waals surface area (Å²) in [4.78, 5) is 15.3. The molecule has 0 aliphatic rings. The van der Waals surface area contributed by atoms with Crippen LogP contribution in [0.4, 0.5) is 0 Å². The summed E-state index contributed by atoms with van der Waals surface area (Å²) in [5.74, 6) is -0.432. The highest BCUT2D eigenvalue weighted by molar-refractivity contribution is 5.85. The van der Waals surface area contributed by atoms with Gasteiger partial charge in [0.05, 0.1) is 6.21 Å². The predicted octanol–water partition coefficient (Wildman–Crippen LogP) is 4.68. The number of aliphatic carboxylic acids is 1. The van der Waals surface area contributed by atoms with Crippen molar-refractivity contribution in [2.45, 2.75) is 13.5 Å². The Hall–Kier alpha value is -3.60. The Balaban J connectivity index is 1.84. The highest BCUT2D eigenvalue weighted by Gasteiger charge is 2.07. The van der Waals surface area contributed by atoms with E-state index in [1.54, 1.807) is 0 Å². The molecule has 0 spiro atoms. The maximum absolute atomic E-state index is 10.5. The minimum atomic E-state index is -1.08. The Bertz CT molecular complexity index is 967. The number of rotatable bonds is 8. The fourth-order valence-electron chi connectivity index (χ4n) is 2.73. The molecule has 0 atom stereocenters. The van der Waals surface area contributed by atoms with E-state index in [0.717, 1.165) is 16.7 Å². The summed E-state index contributed by atoms with van der Waals surface area (Å²) in [6.45, 7) is 1.96. The third-order valence-corrected chi connectivity index (χ3v) is 4.05. The van der Waals surface area contributed by atoms with E-state index in [-0.39, 0.29) is 0 Å². The molecule has 3 aromatic rings. The van der Waals surface area contributed by atoms with Gasteiger partial charge in [0.2, 0.25) is 6.61 Å². The normalized spacial score (nSPS) is 10.8. The van der Waals surface area contributed by atoms with Gasteiger partial charge in [0.1, 0.15) is 12.4 Å². The van der Waals surface area contributed by atoms with E-state index in [1.165, 1.54) is 11.8 Å². The van der Waals surface area contributed by atoms with Gasteiger partial charge in [-0.15, -0.1) is 0 Å². The van der Waals surface area contributed by atoms with Crippen molar-refractivity contribution in [1.29, 1.82) is 0 Å². The van der Waals surface area contributed by atoms with E-state index >= 15 is 0 Å². The molecule has 0 bridgehead atoms. The summed E-state index contributed by atoms with van der Waals surface area (Å²) in [5, 5.41) is 12.4. The van der Waals surface area contributed by atoms with E-state index in [9.17, 15) is 4.79 Å². The number of oxime groups is 1. The van der Waals surface area contributed by atoms with Gasteiger partial charge in [-0.25, -0.2) is 4.79 Å². The van der Waals surface area contributed by atoms with Crippen molar-refractivity contribution in [3.05, 3.63) is 89.5 Å². The molecule has 0 radical (unpaired) electrons. The molecule has 1 N–H and O–H groups in total.